The van der Waals surface area contributed by atoms with Gasteiger partial charge in [-0.25, -0.2) is 9.36 Å². The van der Waals surface area contributed by atoms with Crippen molar-refractivity contribution in [2.75, 3.05) is 13.2 Å². The van der Waals surface area contributed by atoms with Gasteiger partial charge in [0.05, 0.1) is 24.2 Å². The van der Waals surface area contributed by atoms with E-state index in [0.717, 1.165) is 4.57 Å². The summed E-state index contributed by atoms with van der Waals surface area (Å²) in [7, 11) is -2.12. The Hall–Kier alpha value is -2.51. The third-order valence-corrected chi connectivity index (χ3v) is 5.92. The van der Waals surface area contributed by atoms with Crippen LogP contribution in [-0.4, -0.2) is 49.5 Å². The van der Waals surface area contributed by atoms with E-state index in [2.05, 4.69) is 0 Å². The predicted molar refractivity (Wildman–Crippen MR) is 121 cm³/mol. The van der Waals surface area contributed by atoms with E-state index in [1.54, 1.807) is 25.1 Å². The van der Waals surface area contributed by atoms with Crippen LogP contribution in [0.5, 0.6) is 0 Å². The Kier molecular flexibility index (Phi) is 8.66. The van der Waals surface area contributed by atoms with E-state index < -0.39 is 43.1 Å². The van der Waals surface area contributed by atoms with Crippen molar-refractivity contribution in [2.45, 2.75) is 51.4 Å². The molecule has 1 saturated heterocycles. The van der Waals surface area contributed by atoms with Crippen molar-refractivity contribution < 1.29 is 28.9 Å². The molecule has 0 amide bonds. The Morgan fingerprint density at radius 1 is 1.38 bits per heavy atom. The average Bonchev–Trinajstić information content (AvgIpc) is 3.17. The number of aliphatic hydroxyl groups is 1. The maximum absolute atomic E-state index is 13.0. The molecule has 2 heterocycles. The summed E-state index contributed by atoms with van der Waals surface area (Å²) in [6.45, 7) is 2.79. The summed E-state index contributed by atoms with van der Waals surface area (Å²) in [6, 6.07) is 6.29. The maximum Gasteiger partial charge on any atom is 0.335 e. The van der Waals surface area contributed by atoms with E-state index in [4.69, 9.17) is 24.4 Å². The number of nitrogens with two attached hydrogens (primary N) is 1. The van der Waals surface area contributed by atoms with Crippen LogP contribution in [0.25, 0.3) is 0 Å². The molecule has 34 heavy (non-hydrogen) atoms. The van der Waals surface area contributed by atoms with Gasteiger partial charge in [0.1, 0.15) is 19.1 Å². The minimum atomic E-state index is -2.12. The molecule has 1 aliphatic rings. The Balaban J connectivity index is 1.73. The van der Waals surface area contributed by atoms with Crippen molar-refractivity contribution >= 4 is 14.2 Å². The van der Waals surface area contributed by atoms with Crippen LogP contribution in [0.15, 0.2) is 40.1 Å². The number of aliphatic hydroxyl groups excluding tert-OH is 1. The lowest BCUT2D eigenvalue weighted by atomic mass is 10.0. The number of nitro benzene ring substituents is 1. The molecule has 3 rings (SSSR count). The topological polar surface area (TPSA) is 181 Å². The first kappa shape index (κ1) is 26.1. The molecule has 186 valence electrons. The highest BCUT2D eigenvalue weighted by Crippen LogP contribution is 2.30. The zero-order valence-electron chi connectivity index (χ0n) is 18.6. The van der Waals surface area contributed by atoms with Crippen LogP contribution >= 0.6 is 8.53 Å². The predicted octanol–water partition coefficient (Wildman–Crippen LogP) is 0.847. The monoisotopic (exact) mass is 498 g/mol. The second kappa shape index (κ2) is 11.3. The number of benzene rings is 1. The van der Waals surface area contributed by atoms with Crippen LogP contribution in [0.3, 0.4) is 0 Å². The van der Waals surface area contributed by atoms with Crippen molar-refractivity contribution in [1.82, 2.24) is 9.13 Å². The van der Waals surface area contributed by atoms with Crippen molar-refractivity contribution in [2.24, 2.45) is 5.50 Å². The van der Waals surface area contributed by atoms with Crippen molar-refractivity contribution in [3.8, 4) is 0 Å². The lowest BCUT2D eigenvalue weighted by Crippen LogP contribution is -2.42. The number of ether oxygens (including phenoxy) is 2. The summed E-state index contributed by atoms with van der Waals surface area (Å²) in [5.74, 6) is -0.363. The number of aromatic nitrogens is 2. The highest BCUT2D eigenvalue weighted by Gasteiger charge is 2.36. The quantitative estimate of drug-likeness (QED) is 0.241. The molecule has 0 aliphatic carbocycles. The molecular weight excluding hydrogens is 471 g/mol. The average molecular weight is 498 g/mol. The summed E-state index contributed by atoms with van der Waals surface area (Å²) in [6.07, 6.45) is -1.23. The van der Waals surface area contributed by atoms with E-state index in [0.29, 0.717) is 5.56 Å². The van der Waals surface area contributed by atoms with Crippen LogP contribution in [0.1, 0.15) is 36.6 Å². The van der Waals surface area contributed by atoms with Gasteiger partial charge in [0.25, 0.3) is 11.2 Å². The summed E-state index contributed by atoms with van der Waals surface area (Å²) in [5, 5.41) is 21.5. The van der Waals surface area contributed by atoms with Crippen LogP contribution in [0, 0.1) is 17.0 Å². The van der Waals surface area contributed by atoms with Gasteiger partial charge < -0.3 is 24.0 Å². The highest BCUT2D eigenvalue weighted by molar-refractivity contribution is 7.43. The van der Waals surface area contributed by atoms with Gasteiger partial charge in [0.15, 0.2) is 0 Å². The number of hydrogen-bond acceptors (Lipinski definition) is 10. The maximum atomic E-state index is 13.0. The van der Waals surface area contributed by atoms with Gasteiger partial charge in [-0.1, -0.05) is 25.1 Å². The lowest BCUT2D eigenvalue weighted by molar-refractivity contribution is -0.385. The molecule has 0 radical (unpaired) electrons. The lowest BCUT2D eigenvalue weighted by Gasteiger charge is -2.19. The van der Waals surface area contributed by atoms with Crippen LogP contribution in [0.4, 0.5) is 5.69 Å². The summed E-state index contributed by atoms with van der Waals surface area (Å²) < 4.78 is 18.3. The zero-order chi connectivity index (χ0) is 25.0. The van der Waals surface area contributed by atoms with Crippen LogP contribution < -0.4 is 16.8 Å². The van der Waals surface area contributed by atoms with E-state index in [1.807, 2.05) is 0 Å². The largest absolute Gasteiger partial charge is 0.390 e. The van der Waals surface area contributed by atoms with Gasteiger partial charge in [-0.3, -0.25) is 25.0 Å². The molecule has 1 aromatic heterocycles. The number of aryl methyl sites for hydroxylation is 1. The SMILES string of the molecule is Cc1cn([C@H]2C[C@H](O)[C@@H](COP(N)O)O2)c(=O)n(COCC(C)c2ccccc2[N+](=O)[O-])c1=O. The van der Waals surface area contributed by atoms with Crippen molar-refractivity contribution in [3.05, 3.63) is 72.5 Å². The Labute approximate surface area is 195 Å². The molecule has 14 heteroatoms. The van der Waals surface area contributed by atoms with E-state index in [9.17, 15) is 24.8 Å². The summed E-state index contributed by atoms with van der Waals surface area (Å²) in [5.41, 5.74) is 4.65. The molecule has 5 atom stereocenters. The van der Waals surface area contributed by atoms with Crippen molar-refractivity contribution in [1.29, 1.82) is 0 Å². The van der Waals surface area contributed by atoms with Crippen LogP contribution in [0.2, 0.25) is 0 Å². The smallest absolute Gasteiger partial charge is 0.335 e. The molecule has 4 N–H and O–H groups in total. The number of rotatable bonds is 10. The third kappa shape index (κ3) is 5.94. The molecule has 0 saturated carbocycles. The fraction of sp³-hybridized carbons (Fsp3) is 0.500. The Morgan fingerprint density at radius 2 is 2.09 bits per heavy atom. The first-order valence-electron chi connectivity index (χ1n) is 10.4. The molecule has 1 aromatic carbocycles. The zero-order valence-corrected chi connectivity index (χ0v) is 19.5. The number of nitrogens with zero attached hydrogens (tertiary/aromatic N) is 3. The second-order valence-corrected chi connectivity index (χ2v) is 8.85. The molecule has 1 fully saturated rings. The number of para-hydroxylation sites is 1. The van der Waals surface area contributed by atoms with Gasteiger partial charge in [-0.2, -0.15) is 0 Å². The highest BCUT2D eigenvalue weighted by atomic mass is 31.2. The molecule has 1 aliphatic heterocycles. The minimum absolute atomic E-state index is 0.0337. The van der Waals surface area contributed by atoms with E-state index in [-0.39, 0.29) is 43.5 Å². The molecule has 0 spiro atoms. The third-order valence-electron chi connectivity index (χ3n) is 5.51. The standard InChI is InChI=1S/C20H27N4O9P/c1-12-8-22(18-7-16(25)17(33-18)10-32-34(21)30)20(27)23(19(12)26)11-31-9-13(2)14-5-3-4-6-15(14)24(28)29/h3-6,8,13,16-18,25,30H,7,9-11,21H2,1-2H3/t13?,16-,17+,18+,34?/m0/s1. The van der Waals surface area contributed by atoms with Gasteiger partial charge in [-0.05, 0) is 6.92 Å². The van der Waals surface area contributed by atoms with Gasteiger partial charge in [0, 0.05) is 35.7 Å². The molecular formula is C20H27N4O9P. The molecule has 0 bridgehead atoms. The van der Waals surface area contributed by atoms with E-state index in [1.165, 1.54) is 23.8 Å². The normalized spacial score (nSPS) is 22.0. The van der Waals surface area contributed by atoms with E-state index >= 15 is 0 Å². The molecule has 2 unspecified atom stereocenters. The number of nitro groups is 1. The van der Waals surface area contributed by atoms with Gasteiger partial charge >= 0.3 is 5.69 Å². The molecule has 13 nitrogen and oxygen atoms in total. The first-order chi connectivity index (χ1) is 16.1. The van der Waals surface area contributed by atoms with Gasteiger partial charge in [0.2, 0.25) is 8.53 Å². The first-order valence-corrected chi connectivity index (χ1v) is 11.7. The Bertz CT molecular complexity index is 1140. The number of hydrogen-bond donors (Lipinski definition) is 3. The van der Waals surface area contributed by atoms with Gasteiger partial charge in [-0.15, -0.1) is 0 Å². The fourth-order valence-corrected chi connectivity index (χ4v) is 4.04. The summed E-state index contributed by atoms with van der Waals surface area (Å²) in [4.78, 5) is 45.5. The van der Waals surface area contributed by atoms with Crippen molar-refractivity contribution in [3.63, 3.8) is 0 Å². The Morgan fingerprint density at radius 3 is 2.76 bits per heavy atom. The summed E-state index contributed by atoms with van der Waals surface area (Å²) >= 11 is 0. The second-order valence-electron chi connectivity index (χ2n) is 7.98. The molecule has 2 aromatic rings. The minimum Gasteiger partial charge on any atom is -0.390 e. The fourth-order valence-electron chi connectivity index (χ4n) is 3.75. The van der Waals surface area contributed by atoms with Crippen LogP contribution in [-0.2, 0) is 20.7 Å².